The molecule has 0 radical (unpaired) electrons. The Balaban J connectivity index is 1.80. The minimum absolute atomic E-state index is 1.02. The molecule has 4 heteroatoms. The SMILES string of the molecule is CNCCCNCCCCN1C=NCCC1. The van der Waals surface area contributed by atoms with Crippen LogP contribution in [0.25, 0.3) is 0 Å². The summed E-state index contributed by atoms with van der Waals surface area (Å²) in [6.07, 6.45) is 6.99. The van der Waals surface area contributed by atoms with Crippen LogP contribution in [0.15, 0.2) is 4.99 Å². The van der Waals surface area contributed by atoms with Gasteiger partial charge in [0.1, 0.15) is 0 Å². The largest absolute Gasteiger partial charge is 0.363 e. The highest BCUT2D eigenvalue weighted by Crippen LogP contribution is 1.99. The molecule has 16 heavy (non-hydrogen) atoms. The second-order valence-electron chi connectivity index (χ2n) is 4.33. The normalized spacial score (nSPS) is 15.7. The summed E-state index contributed by atoms with van der Waals surface area (Å²) in [4.78, 5) is 6.62. The maximum absolute atomic E-state index is 4.29. The molecule has 4 nitrogen and oxygen atoms in total. The van der Waals surface area contributed by atoms with E-state index in [1.807, 2.05) is 13.4 Å². The van der Waals surface area contributed by atoms with Crippen molar-refractivity contribution in [1.29, 1.82) is 0 Å². The molecule has 0 atom stereocenters. The Bertz CT molecular complexity index is 182. The summed E-state index contributed by atoms with van der Waals surface area (Å²) >= 11 is 0. The van der Waals surface area contributed by atoms with Gasteiger partial charge in [0.2, 0.25) is 0 Å². The van der Waals surface area contributed by atoms with Crippen LogP contribution in [-0.2, 0) is 0 Å². The highest BCUT2D eigenvalue weighted by molar-refractivity contribution is 5.55. The monoisotopic (exact) mass is 226 g/mol. The summed E-state index contributed by atoms with van der Waals surface area (Å²) in [7, 11) is 2.00. The molecule has 1 aliphatic heterocycles. The van der Waals surface area contributed by atoms with E-state index < -0.39 is 0 Å². The summed E-state index contributed by atoms with van der Waals surface area (Å²) in [6, 6.07) is 0. The van der Waals surface area contributed by atoms with Crippen LogP contribution >= 0.6 is 0 Å². The molecule has 2 N–H and O–H groups in total. The van der Waals surface area contributed by atoms with Gasteiger partial charge in [-0.25, -0.2) is 0 Å². The molecule has 1 heterocycles. The average molecular weight is 226 g/mol. The molecule has 0 aromatic heterocycles. The number of nitrogens with zero attached hydrogens (tertiary/aromatic N) is 2. The van der Waals surface area contributed by atoms with Crippen molar-refractivity contribution in [2.45, 2.75) is 25.7 Å². The molecule has 0 spiro atoms. The lowest BCUT2D eigenvalue weighted by Crippen LogP contribution is -2.28. The Morgan fingerprint density at radius 3 is 2.81 bits per heavy atom. The zero-order chi connectivity index (χ0) is 11.5. The molecule has 0 aromatic carbocycles. The third-order valence-corrected chi connectivity index (χ3v) is 2.81. The Hall–Kier alpha value is -0.610. The van der Waals surface area contributed by atoms with Gasteiger partial charge in [-0.3, -0.25) is 4.99 Å². The molecule has 0 saturated carbocycles. The molecule has 1 aliphatic rings. The van der Waals surface area contributed by atoms with Gasteiger partial charge in [-0.2, -0.15) is 0 Å². The fourth-order valence-electron chi connectivity index (χ4n) is 1.85. The van der Waals surface area contributed by atoms with Gasteiger partial charge in [0.25, 0.3) is 0 Å². The second-order valence-corrected chi connectivity index (χ2v) is 4.33. The number of hydrogen-bond donors (Lipinski definition) is 2. The summed E-state index contributed by atoms with van der Waals surface area (Å²) in [5.41, 5.74) is 0. The van der Waals surface area contributed by atoms with Crippen LogP contribution < -0.4 is 10.6 Å². The fourth-order valence-corrected chi connectivity index (χ4v) is 1.85. The quantitative estimate of drug-likeness (QED) is 0.569. The summed E-state index contributed by atoms with van der Waals surface area (Å²) < 4.78 is 0. The van der Waals surface area contributed by atoms with E-state index in [1.54, 1.807) is 0 Å². The lowest BCUT2D eigenvalue weighted by Gasteiger charge is -2.22. The van der Waals surface area contributed by atoms with Gasteiger partial charge in [0.15, 0.2) is 0 Å². The molecule has 0 bridgehead atoms. The number of nitrogens with one attached hydrogen (secondary N) is 2. The van der Waals surface area contributed by atoms with E-state index in [9.17, 15) is 0 Å². The fraction of sp³-hybridized carbons (Fsp3) is 0.917. The van der Waals surface area contributed by atoms with Crippen molar-refractivity contribution in [3.05, 3.63) is 0 Å². The van der Waals surface area contributed by atoms with Crippen molar-refractivity contribution in [3.63, 3.8) is 0 Å². The third-order valence-electron chi connectivity index (χ3n) is 2.81. The topological polar surface area (TPSA) is 39.7 Å². The molecule has 0 saturated heterocycles. The number of hydrogen-bond acceptors (Lipinski definition) is 4. The van der Waals surface area contributed by atoms with E-state index in [0.717, 1.165) is 26.2 Å². The minimum Gasteiger partial charge on any atom is -0.363 e. The Morgan fingerprint density at radius 1 is 1.19 bits per heavy atom. The van der Waals surface area contributed by atoms with Crippen LogP contribution in [0, 0.1) is 0 Å². The molecular formula is C12H26N4. The van der Waals surface area contributed by atoms with Crippen molar-refractivity contribution in [3.8, 4) is 0 Å². The lowest BCUT2D eigenvalue weighted by atomic mass is 10.2. The maximum Gasteiger partial charge on any atom is 0.0849 e. The first-order valence-electron chi connectivity index (χ1n) is 6.53. The van der Waals surface area contributed by atoms with E-state index in [-0.39, 0.29) is 0 Å². The van der Waals surface area contributed by atoms with Crippen molar-refractivity contribution in [2.75, 3.05) is 46.3 Å². The van der Waals surface area contributed by atoms with Gasteiger partial charge < -0.3 is 15.5 Å². The smallest absolute Gasteiger partial charge is 0.0849 e. The van der Waals surface area contributed by atoms with Gasteiger partial charge in [-0.1, -0.05) is 0 Å². The number of aliphatic imine (C=N–C) groups is 1. The maximum atomic E-state index is 4.29. The van der Waals surface area contributed by atoms with Gasteiger partial charge in [0.05, 0.1) is 6.34 Å². The Morgan fingerprint density at radius 2 is 2.06 bits per heavy atom. The van der Waals surface area contributed by atoms with Crippen LogP contribution in [0.1, 0.15) is 25.7 Å². The zero-order valence-corrected chi connectivity index (χ0v) is 10.5. The van der Waals surface area contributed by atoms with Crippen LogP contribution in [0.3, 0.4) is 0 Å². The zero-order valence-electron chi connectivity index (χ0n) is 10.5. The van der Waals surface area contributed by atoms with Crippen LogP contribution in [0.2, 0.25) is 0 Å². The van der Waals surface area contributed by atoms with Crippen LogP contribution in [0.5, 0.6) is 0 Å². The molecule has 94 valence electrons. The number of rotatable bonds is 9. The first-order chi connectivity index (χ1) is 7.93. The molecule has 0 unspecified atom stereocenters. The molecule has 1 rings (SSSR count). The molecular weight excluding hydrogens is 200 g/mol. The minimum atomic E-state index is 1.02. The van der Waals surface area contributed by atoms with E-state index >= 15 is 0 Å². The van der Waals surface area contributed by atoms with Gasteiger partial charge >= 0.3 is 0 Å². The lowest BCUT2D eigenvalue weighted by molar-refractivity contribution is 0.392. The van der Waals surface area contributed by atoms with Crippen LogP contribution in [-0.4, -0.2) is 57.6 Å². The molecule has 0 aliphatic carbocycles. The molecule has 0 amide bonds. The number of unbranched alkanes of at least 4 members (excludes halogenated alkanes) is 1. The summed E-state index contributed by atoms with van der Waals surface area (Å²) in [6.45, 7) is 6.77. The predicted octanol–water partition coefficient (Wildman–Crippen LogP) is 0.700. The highest BCUT2D eigenvalue weighted by atomic mass is 15.2. The van der Waals surface area contributed by atoms with Gasteiger partial charge in [-0.15, -0.1) is 0 Å². The Labute approximate surface area is 99.5 Å². The van der Waals surface area contributed by atoms with Crippen molar-refractivity contribution < 1.29 is 0 Å². The summed E-state index contributed by atoms with van der Waals surface area (Å²) in [5.74, 6) is 0. The highest BCUT2D eigenvalue weighted by Gasteiger charge is 2.02. The van der Waals surface area contributed by atoms with Crippen molar-refractivity contribution >= 4 is 6.34 Å². The van der Waals surface area contributed by atoms with Crippen LogP contribution in [0.4, 0.5) is 0 Å². The van der Waals surface area contributed by atoms with E-state index in [4.69, 9.17) is 0 Å². The third kappa shape index (κ3) is 6.80. The average Bonchev–Trinajstić information content (AvgIpc) is 2.34. The molecule has 0 aromatic rings. The predicted molar refractivity (Wildman–Crippen MR) is 70.2 cm³/mol. The first kappa shape index (κ1) is 13.5. The van der Waals surface area contributed by atoms with Gasteiger partial charge in [-0.05, 0) is 52.4 Å². The second kappa shape index (κ2) is 9.60. The van der Waals surface area contributed by atoms with E-state index in [1.165, 1.54) is 38.8 Å². The van der Waals surface area contributed by atoms with Gasteiger partial charge in [0, 0.05) is 19.6 Å². The standard InChI is InChI=1S/C12H26N4/c1-13-6-4-8-14-7-2-3-10-16-11-5-9-15-12-16/h12-14H,2-11H2,1H3. The first-order valence-corrected chi connectivity index (χ1v) is 6.53. The van der Waals surface area contributed by atoms with Crippen molar-refractivity contribution in [1.82, 2.24) is 15.5 Å². The van der Waals surface area contributed by atoms with E-state index in [2.05, 4.69) is 20.5 Å². The van der Waals surface area contributed by atoms with E-state index in [0.29, 0.717) is 0 Å². The van der Waals surface area contributed by atoms with Crippen molar-refractivity contribution in [2.24, 2.45) is 4.99 Å². The summed E-state index contributed by atoms with van der Waals surface area (Å²) in [5, 5.41) is 6.62. The molecule has 0 fully saturated rings. The Kier molecular flexibility index (Phi) is 8.08.